The van der Waals surface area contributed by atoms with Crippen molar-refractivity contribution >= 4 is 52.4 Å². The Kier molecular flexibility index (Phi) is 12.9. The van der Waals surface area contributed by atoms with Crippen molar-refractivity contribution in [3.05, 3.63) is 59.7 Å². The predicted octanol–water partition coefficient (Wildman–Crippen LogP) is 5.34. The quantitative estimate of drug-likeness (QED) is 0.202. The molecule has 3 rings (SSSR count). The summed E-state index contributed by atoms with van der Waals surface area (Å²) in [5.74, 6) is 2.89. The highest BCUT2D eigenvalue weighted by Gasteiger charge is 2.38. The molecule has 0 spiro atoms. The van der Waals surface area contributed by atoms with Crippen LogP contribution in [0.5, 0.6) is 11.5 Å². The minimum absolute atomic E-state index is 0.107. The number of thioether (sulfide) groups is 2. The lowest BCUT2D eigenvalue weighted by molar-refractivity contribution is -0.119. The van der Waals surface area contributed by atoms with Crippen LogP contribution in [0.4, 0.5) is 0 Å². The Morgan fingerprint density at radius 2 is 1.52 bits per heavy atom. The first kappa shape index (κ1) is 33.2. The molecule has 1 fully saturated rings. The molecule has 0 bridgehead atoms. The van der Waals surface area contributed by atoms with E-state index in [9.17, 15) is 9.59 Å². The molecule has 2 N–H and O–H groups in total. The summed E-state index contributed by atoms with van der Waals surface area (Å²) < 4.78 is 10.4. The average molecular weight is 612 g/mol. The first-order chi connectivity index (χ1) is 20.1. The standard InChI is InChI=1S/C31H41N5O4S2/c1-31(2,42-29(32-3)34-27(37)18-21-9-7-11-25(16-21)39-5)24-14-13-23(15-24)20-41-30(36-33-4)35-28(38)19-22-10-8-12-26(17-22)40-6/h7-12,16-17,23-24H,4,13-15,18-20H2,1-3,5-6H3,(H,32,34,37)(H,35,36,38). The van der Waals surface area contributed by atoms with E-state index in [1.807, 2.05) is 48.5 Å². The van der Waals surface area contributed by atoms with E-state index in [0.29, 0.717) is 27.9 Å². The zero-order valence-electron chi connectivity index (χ0n) is 25.0. The van der Waals surface area contributed by atoms with Crippen LogP contribution in [0.1, 0.15) is 44.2 Å². The molecule has 1 saturated carbocycles. The van der Waals surface area contributed by atoms with Crippen molar-refractivity contribution in [2.75, 3.05) is 27.0 Å². The average Bonchev–Trinajstić information content (AvgIpc) is 3.46. The molecule has 0 radical (unpaired) electrons. The summed E-state index contributed by atoms with van der Waals surface area (Å²) in [5, 5.41) is 14.6. The minimum atomic E-state index is -0.167. The van der Waals surface area contributed by atoms with E-state index in [2.05, 4.69) is 46.4 Å². The van der Waals surface area contributed by atoms with Gasteiger partial charge >= 0.3 is 0 Å². The van der Waals surface area contributed by atoms with E-state index in [1.165, 1.54) is 11.8 Å². The molecule has 11 heteroatoms. The first-order valence-electron chi connectivity index (χ1n) is 13.8. The van der Waals surface area contributed by atoms with Crippen molar-refractivity contribution in [3.8, 4) is 11.5 Å². The monoisotopic (exact) mass is 611 g/mol. The fraction of sp³-hybridized carbons (Fsp3) is 0.452. The van der Waals surface area contributed by atoms with Gasteiger partial charge in [-0.25, -0.2) is 0 Å². The molecule has 0 saturated heterocycles. The van der Waals surface area contributed by atoms with Gasteiger partial charge in [0, 0.05) is 24.3 Å². The topological polar surface area (TPSA) is 114 Å². The van der Waals surface area contributed by atoms with Crippen LogP contribution in [-0.2, 0) is 22.4 Å². The van der Waals surface area contributed by atoms with Crippen molar-refractivity contribution in [2.24, 2.45) is 27.0 Å². The fourth-order valence-corrected chi connectivity index (χ4v) is 7.06. The molecule has 2 unspecified atom stereocenters. The maximum Gasteiger partial charge on any atom is 0.230 e. The Morgan fingerprint density at radius 1 is 0.952 bits per heavy atom. The number of nitrogens with zero attached hydrogens (tertiary/aromatic N) is 3. The molecule has 0 aliphatic heterocycles. The van der Waals surface area contributed by atoms with Crippen LogP contribution in [-0.4, -0.2) is 60.6 Å². The number of nitrogens with one attached hydrogen (secondary N) is 2. The lowest BCUT2D eigenvalue weighted by atomic mass is 9.92. The molecule has 0 heterocycles. The van der Waals surface area contributed by atoms with Crippen molar-refractivity contribution in [3.63, 3.8) is 0 Å². The van der Waals surface area contributed by atoms with Gasteiger partial charge < -0.3 is 20.1 Å². The molecule has 226 valence electrons. The Morgan fingerprint density at radius 3 is 2.05 bits per heavy atom. The van der Waals surface area contributed by atoms with Crippen molar-refractivity contribution in [1.29, 1.82) is 0 Å². The Balaban J connectivity index is 1.48. The second-order valence-corrected chi connectivity index (χ2v) is 13.3. The van der Waals surface area contributed by atoms with Gasteiger partial charge in [0.15, 0.2) is 10.3 Å². The fourth-order valence-electron chi connectivity index (χ4n) is 4.93. The van der Waals surface area contributed by atoms with E-state index < -0.39 is 0 Å². The van der Waals surface area contributed by atoms with Gasteiger partial charge in [-0.15, -0.1) is 5.10 Å². The molecule has 2 aromatic carbocycles. The van der Waals surface area contributed by atoms with Gasteiger partial charge in [-0.3, -0.25) is 14.6 Å². The highest BCUT2D eigenvalue weighted by Crippen LogP contribution is 2.45. The number of amidine groups is 2. The van der Waals surface area contributed by atoms with Gasteiger partial charge in [-0.1, -0.05) is 47.8 Å². The molecule has 2 aromatic rings. The third-order valence-electron chi connectivity index (χ3n) is 7.19. The molecule has 9 nitrogen and oxygen atoms in total. The zero-order valence-corrected chi connectivity index (χ0v) is 26.6. The number of benzene rings is 2. The van der Waals surface area contributed by atoms with Crippen LogP contribution in [0.3, 0.4) is 0 Å². The molecular weight excluding hydrogens is 571 g/mol. The van der Waals surface area contributed by atoms with E-state index >= 15 is 0 Å². The van der Waals surface area contributed by atoms with Crippen LogP contribution in [0.2, 0.25) is 0 Å². The highest BCUT2D eigenvalue weighted by atomic mass is 32.2. The number of aliphatic imine (C=N–C) groups is 1. The first-order valence-corrected chi connectivity index (χ1v) is 15.6. The normalized spacial score (nSPS) is 17.5. The minimum Gasteiger partial charge on any atom is -0.497 e. The van der Waals surface area contributed by atoms with Gasteiger partial charge in [0.05, 0.1) is 27.1 Å². The Labute approximate surface area is 257 Å². The molecule has 42 heavy (non-hydrogen) atoms. The molecule has 1 aliphatic rings. The zero-order chi connectivity index (χ0) is 30.5. The summed E-state index contributed by atoms with van der Waals surface area (Å²) in [5.41, 5.74) is 1.74. The van der Waals surface area contributed by atoms with Gasteiger partial charge in [0.25, 0.3) is 0 Å². The number of rotatable bonds is 11. The van der Waals surface area contributed by atoms with Crippen molar-refractivity contribution in [1.82, 2.24) is 10.6 Å². The van der Waals surface area contributed by atoms with Crippen LogP contribution < -0.4 is 20.1 Å². The van der Waals surface area contributed by atoms with Gasteiger partial charge in [-0.2, -0.15) is 5.10 Å². The second-order valence-electron chi connectivity index (χ2n) is 10.6. The molecule has 1 aliphatic carbocycles. The Bertz CT molecular complexity index is 1300. The summed E-state index contributed by atoms with van der Waals surface area (Å²) in [6, 6.07) is 14.9. The highest BCUT2D eigenvalue weighted by molar-refractivity contribution is 8.15. The molecule has 0 aromatic heterocycles. The summed E-state index contributed by atoms with van der Waals surface area (Å²) in [6.45, 7) is 7.88. The van der Waals surface area contributed by atoms with Crippen molar-refractivity contribution < 1.29 is 19.1 Å². The van der Waals surface area contributed by atoms with E-state index in [-0.39, 0.29) is 29.4 Å². The molecule has 2 atom stereocenters. The lowest BCUT2D eigenvalue weighted by Gasteiger charge is -2.31. The van der Waals surface area contributed by atoms with Crippen molar-refractivity contribution in [2.45, 2.75) is 50.7 Å². The van der Waals surface area contributed by atoms with Crippen LogP contribution in [0.25, 0.3) is 0 Å². The number of carbonyl (C=O) groups excluding carboxylic acids is 2. The van der Waals surface area contributed by atoms with Crippen LogP contribution >= 0.6 is 23.5 Å². The van der Waals surface area contributed by atoms with Crippen LogP contribution in [0, 0.1) is 11.8 Å². The summed E-state index contributed by atoms with van der Waals surface area (Å²) in [6.07, 6.45) is 3.65. The number of hydrogen-bond acceptors (Lipinski definition) is 9. The van der Waals surface area contributed by atoms with Gasteiger partial charge in [-0.05, 0) is 80.3 Å². The maximum absolute atomic E-state index is 12.7. The number of amides is 2. The van der Waals surface area contributed by atoms with E-state index in [4.69, 9.17) is 9.47 Å². The number of ether oxygens (including phenoxy) is 2. The number of methoxy groups -OCH3 is 2. The third kappa shape index (κ3) is 10.5. The summed E-state index contributed by atoms with van der Waals surface area (Å²) in [7, 11) is 4.92. The molecular formula is C31H41N5O4S2. The third-order valence-corrected chi connectivity index (χ3v) is 9.63. The van der Waals surface area contributed by atoms with Gasteiger partial charge in [0.1, 0.15) is 11.5 Å². The number of carbonyl (C=O) groups is 2. The smallest absolute Gasteiger partial charge is 0.230 e. The van der Waals surface area contributed by atoms with Crippen LogP contribution in [0.15, 0.2) is 63.7 Å². The second kappa shape index (κ2) is 16.4. The summed E-state index contributed by atoms with van der Waals surface area (Å²) in [4.78, 5) is 29.8. The maximum atomic E-state index is 12.7. The summed E-state index contributed by atoms with van der Waals surface area (Å²) >= 11 is 3.11. The Hall–Kier alpha value is -3.31. The largest absolute Gasteiger partial charge is 0.497 e. The number of hydrogen-bond donors (Lipinski definition) is 2. The molecule has 2 amide bonds. The van der Waals surface area contributed by atoms with E-state index in [1.54, 1.807) is 33.0 Å². The van der Waals surface area contributed by atoms with Gasteiger partial charge in [0.2, 0.25) is 11.8 Å². The SMILES string of the molecule is C=N/N=C(/NC(=O)Cc1cccc(OC)c1)SCC1CCC(C(C)(C)SC(=NC)NC(=O)Cc2cccc(OC)c2)C1. The lowest BCUT2D eigenvalue weighted by Crippen LogP contribution is -2.35. The van der Waals surface area contributed by atoms with E-state index in [0.717, 1.165) is 41.9 Å². The predicted molar refractivity (Wildman–Crippen MR) is 175 cm³/mol.